The fourth-order valence-electron chi connectivity index (χ4n) is 1.83. The Bertz CT molecular complexity index is 430. The zero-order chi connectivity index (χ0) is 17.7. The van der Waals surface area contributed by atoms with Crippen LogP contribution in [0, 0.1) is 5.95 Å². The van der Waals surface area contributed by atoms with Crippen LogP contribution in [-0.4, -0.2) is 16.6 Å². The Balaban J connectivity index is 0.000000502. The molecule has 0 aliphatic heterocycles. The molecule has 0 amide bonds. The van der Waals surface area contributed by atoms with Gasteiger partial charge >= 0.3 is 5.97 Å². The van der Waals surface area contributed by atoms with Gasteiger partial charge in [-0.15, -0.1) is 0 Å². The van der Waals surface area contributed by atoms with Crippen molar-refractivity contribution >= 4 is 17.6 Å². The molecule has 0 fully saturated rings. The Morgan fingerprint density at radius 1 is 1.17 bits per heavy atom. The molecule has 0 bridgehead atoms. The normalized spacial score (nSPS) is 10.7. The highest BCUT2D eigenvalue weighted by molar-refractivity contribution is 6.29. The number of carbonyl (C=O) groups is 1. The van der Waals surface area contributed by atoms with Gasteiger partial charge < -0.3 is 4.74 Å². The zero-order valence-corrected chi connectivity index (χ0v) is 15.5. The number of ether oxygens (including phenoxy) is 1. The molecule has 132 valence electrons. The first-order chi connectivity index (χ1) is 10.7. The maximum atomic E-state index is 12.0. The monoisotopic (exact) mass is 345 g/mol. The molecular formula is C18H29ClFNO2. The largest absolute Gasteiger partial charge is 0.460 e. The summed E-state index contributed by atoms with van der Waals surface area (Å²) in [7, 11) is 0. The molecular weight excluding hydrogens is 317 g/mol. The molecule has 0 aliphatic carbocycles. The third kappa shape index (κ3) is 15.5. The highest BCUT2D eigenvalue weighted by Gasteiger charge is 2.15. The van der Waals surface area contributed by atoms with E-state index in [1.165, 1.54) is 43.9 Å². The average molecular weight is 346 g/mol. The predicted molar refractivity (Wildman–Crippen MR) is 93.0 cm³/mol. The van der Waals surface area contributed by atoms with Crippen molar-refractivity contribution in [3.05, 3.63) is 29.3 Å². The van der Waals surface area contributed by atoms with Gasteiger partial charge in [0, 0.05) is 6.42 Å². The molecule has 1 aromatic rings. The van der Waals surface area contributed by atoms with E-state index >= 15 is 0 Å². The predicted octanol–water partition coefficient (Wildman–Crippen LogP) is 5.95. The van der Waals surface area contributed by atoms with Crippen LogP contribution in [0.3, 0.4) is 0 Å². The van der Waals surface area contributed by atoms with Crippen LogP contribution in [0.15, 0.2) is 18.2 Å². The van der Waals surface area contributed by atoms with Gasteiger partial charge in [-0.3, -0.25) is 4.79 Å². The molecule has 0 N–H and O–H groups in total. The first kappa shape index (κ1) is 21.8. The first-order valence-corrected chi connectivity index (χ1v) is 8.62. The molecule has 0 aromatic carbocycles. The summed E-state index contributed by atoms with van der Waals surface area (Å²) in [6.45, 7) is 7.94. The van der Waals surface area contributed by atoms with E-state index in [1.54, 1.807) is 0 Å². The molecule has 1 rings (SSSR count). The van der Waals surface area contributed by atoms with Crippen molar-refractivity contribution in [3.8, 4) is 0 Å². The summed E-state index contributed by atoms with van der Waals surface area (Å²) in [5.74, 6) is -0.601. The Labute approximate surface area is 144 Å². The highest BCUT2D eigenvalue weighted by Crippen LogP contribution is 2.11. The highest BCUT2D eigenvalue weighted by atomic mass is 35.5. The lowest BCUT2D eigenvalue weighted by Crippen LogP contribution is -2.23. The van der Waals surface area contributed by atoms with E-state index < -0.39 is 5.95 Å². The first-order valence-electron chi connectivity index (χ1n) is 8.24. The molecule has 0 spiro atoms. The van der Waals surface area contributed by atoms with Crippen LogP contribution >= 0.6 is 11.6 Å². The van der Waals surface area contributed by atoms with Gasteiger partial charge in [0.15, 0.2) is 0 Å². The number of hydrogen-bond acceptors (Lipinski definition) is 3. The minimum Gasteiger partial charge on any atom is -0.460 e. The Kier molecular flexibility index (Phi) is 11.7. The topological polar surface area (TPSA) is 39.2 Å². The molecule has 1 heterocycles. The molecule has 23 heavy (non-hydrogen) atoms. The lowest BCUT2D eigenvalue weighted by molar-refractivity contribution is -0.154. The second-order valence-electron chi connectivity index (χ2n) is 6.39. The number of esters is 1. The van der Waals surface area contributed by atoms with E-state index in [0.717, 1.165) is 12.8 Å². The van der Waals surface area contributed by atoms with Crippen molar-refractivity contribution in [1.29, 1.82) is 0 Å². The third-order valence-corrected chi connectivity index (χ3v) is 3.05. The zero-order valence-electron chi connectivity index (χ0n) is 14.7. The van der Waals surface area contributed by atoms with Crippen LogP contribution in [0.25, 0.3) is 0 Å². The van der Waals surface area contributed by atoms with Gasteiger partial charge in [-0.25, -0.2) is 4.98 Å². The summed E-state index contributed by atoms with van der Waals surface area (Å²) in [6, 6.07) is 4.27. The second-order valence-corrected chi connectivity index (χ2v) is 6.77. The third-order valence-electron chi connectivity index (χ3n) is 2.84. The SMILES string of the molecule is CCCCCCCCC(=O)OC(C)(C)C.Fc1cccc(Cl)n1. The van der Waals surface area contributed by atoms with Crippen molar-refractivity contribution in [2.75, 3.05) is 0 Å². The molecule has 0 unspecified atom stereocenters. The van der Waals surface area contributed by atoms with Gasteiger partial charge in [-0.05, 0) is 39.3 Å². The van der Waals surface area contributed by atoms with Gasteiger partial charge in [0.25, 0.3) is 0 Å². The molecule has 0 atom stereocenters. The van der Waals surface area contributed by atoms with Crippen LogP contribution in [0.1, 0.15) is 72.6 Å². The second kappa shape index (κ2) is 12.3. The number of hydrogen-bond donors (Lipinski definition) is 0. The number of nitrogens with zero attached hydrogens (tertiary/aromatic N) is 1. The number of pyridine rings is 1. The lowest BCUT2D eigenvalue weighted by Gasteiger charge is -2.19. The van der Waals surface area contributed by atoms with Crippen molar-refractivity contribution in [3.63, 3.8) is 0 Å². The number of unbranched alkanes of at least 4 members (excludes halogenated alkanes) is 5. The fourth-order valence-corrected chi connectivity index (χ4v) is 1.98. The molecule has 0 aliphatic rings. The van der Waals surface area contributed by atoms with Crippen LogP contribution < -0.4 is 0 Å². The summed E-state index contributed by atoms with van der Waals surface area (Å²) in [6.07, 6.45) is 7.82. The molecule has 0 saturated carbocycles. The van der Waals surface area contributed by atoms with E-state index in [9.17, 15) is 9.18 Å². The van der Waals surface area contributed by atoms with Gasteiger partial charge in [0.2, 0.25) is 5.95 Å². The lowest BCUT2D eigenvalue weighted by atomic mass is 10.1. The maximum absolute atomic E-state index is 12.0. The summed E-state index contributed by atoms with van der Waals surface area (Å²) in [5, 5.41) is 0.185. The van der Waals surface area contributed by atoms with Crippen molar-refractivity contribution < 1.29 is 13.9 Å². The van der Waals surface area contributed by atoms with Gasteiger partial charge in [0.1, 0.15) is 10.8 Å². The van der Waals surface area contributed by atoms with E-state index in [4.69, 9.17) is 16.3 Å². The summed E-state index contributed by atoms with van der Waals surface area (Å²) in [5.41, 5.74) is -0.334. The van der Waals surface area contributed by atoms with Gasteiger partial charge in [0.05, 0.1) is 0 Å². The molecule has 0 radical (unpaired) electrons. The molecule has 5 heteroatoms. The van der Waals surface area contributed by atoms with Crippen LogP contribution in [0.4, 0.5) is 4.39 Å². The van der Waals surface area contributed by atoms with Crippen LogP contribution in [0.5, 0.6) is 0 Å². The maximum Gasteiger partial charge on any atom is 0.306 e. The fraction of sp³-hybridized carbons (Fsp3) is 0.667. The Morgan fingerprint density at radius 2 is 1.78 bits per heavy atom. The average Bonchev–Trinajstić information content (AvgIpc) is 2.41. The number of rotatable bonds is 7. The molecule has 0 saturated heterocycles. The molecule has 1 aromatic heterocycles. The Hall–Kier alpha value is -1.16. The van der Waals surface area contributed by atoms with Gasteiger partial charge in [-0.2, -0.15) is 4.39 Å². The minimum absolute atomic E-state index is 0.0574. The van der Waals surface area contributed by atoms with E-state index in [-0.39, 0.29) is 16.7 Å². The van der Waals surface area contributed by atoms with Crippen molar-refractivity contribution in [2.45, 2.75) is 78.2 Å². The van der Waals surface area contributed by atoms with E-state index in [2.05, 4.69) is 11.9 Å². The minimum atomic E-state index is -0.544. The molecule has 3 nitrogen and oxygen atoms in total. The van der Waals surface area contributed by atoms with Gasteiger partial charge in [-0.1, -0.05) is 56.7 Å². The van der Waals surface area contributed by atoms with E-state index in [0.29, 0.717) is 6.42 Å². The van der Waals surface area contributed by atoms with E-state index in [1.807, 2.05) is 20.8 Å². The smallest absolute Gasteiger partial charge is 0.306 e. The number of aromatic nitrogens is 1. The van der Waals surface area contributed by atoms with Crippen molar-refractivity contribution in [1.82, 2.24) is 4.98 Å². The standard InChI is InChI=1S/C13H26O2.C5H3ClFN/c1-5-6-7-8-9-10-11-12(14)15-13(2,3)4;6-4-2-1-3-5(7)8-4/h5-11H2,1-4H3;1-3H. The summed E-state index contributed by atoms with van der Waals surface area (Å²) >= 11 is 5.29. The van der Waals surface area contributed by atoms with Crippen LogP contribution in [-0.2, 0) is 9.53 Å². The number of halogens is 2. The van der Waals surface area contributed by atoms with Crippen LogP contribution in [0.2, 0.25) is 5.15 Å². The summed E-state index contributed by atoms with van der Waals surface area (Å²) in [4.78, 5) is 14.6. The quantitative estimate of drug-likeness (QED) is 0.348. The number of carbonyl (C=O) groups excluding carboxylic acids is 1. The Morgan fingerprint density at radius 3 is 2.26 bits per heavy atom. The van der Waals surface area contributed by atoms with Crippen molar-refractivity contribution in [2.24, 2.45) is 0 Å². The summed E-state index contributed by atoms with van der Waals surface area (Å²) < 4.78 is 17.2.